The molecule has 5 aliphatic rings. The summed E-state index contributed by atoms with van der Waals surface area (Å²) in [6, 6.07) is 7.93. The Balaban J connectivity index is 1.23. The minimum atomic E-state index is -1.44. The van der Waals surface area contributed by atoms with Gasteiger partial charge in [0.2, 0.25) is 0 Å². The van der Waals surface area contributed by atoms with E-state index in [1.165, 1.54) is 55.2 Å². The highest BCUT2D eigenvalue weighted by Crippen LogP contribution is 2.76. The van der Waals surface area contributed by atoms with Crippen LogP contribution in [-0.4, -0.2) is 53.9 Å². The van der Waals surface area contributed by atoms with Crippen LogP contribution in [0.1, 0.15) is 136 Å². The van der Waals surface area contributed by atoms with Gasteiger partial charge in [-0.15, -0.1) is 0 Å². The molecule has 4 fully saturated rings. The number of aliphatic hydroxyl groups is 2. The number of nitrogens with one attached hydrogen (secondary N) is 2. The first kappa shape index (κ1) is 37.6. The fourth-order valence-electron chi connectivity index (χ4n) is 13.5. The summed E-state index contributed by atoms with van der Waals surface area (Å²) >= 11 is 0. The minimum Gasteiger partial charge on any atom is -0.364 e. The fraction of sp³-hybridized carbons (Fsp3) is 0.750. The van der Waals surface area contributed by atoms with Crippen molar-refractivity contribution < 1.29 is 15.0 Å². The Morgan fingerprint density at radius 3 is 2.28 bits per heavy atom. The van der Waals surface area contributed by atoms with Crippen LogP contribution < -0.4 is 10.6 Å². The van der Waals surface area contributed by atoms with Crippen molar-refractivity contribution in [1.82, 2.24) is 15.5 Å². The predicted molar refractivity (Wildman–Crippen MR) is 205 cm³/mol. The minimum absolute atomic E-state index is 0.0211. The highest BCUT2D eigenvalue weighted by Gasteiger charge is 2.70. The highest BCUT2D eigenvalue weighted by molar-refractivity contribution is 5.75. The van der Waals surface area contributed by atoms with E-state index >= 15 is 0 Å². The number of carbonyl (C=O) groups excluding carboxylic acids is 1. The van der Waals surface area contributed by atoms with E-state index in [-0.39, 0.29) is 33.2 Å². The number of unbranched alkanes of at least 4 members (excludes halogenated alkanes) is 2. The van der Waals surface area contributed by atoms with E-state index in [0.29, 0.717) is 35.2 Å². The summed E-state index contributed by atoms with van der Waals surface area (Å²) in [7, 11) is 4.24. The van der Waals surface area contributed by atoms with Crippen molar-refractivity contribution >= 4 is 11.6 Å². The zero-order valence-corrected chi connectivity index (χ0v) is 32.7. The summed E-state index contributed by atoms with van der Waals surface area (Å²) in [4.78, 5) is 15.8. The summed E-state index contributed by atoms with van der Waals surface area (Å²) in [6.07, 6.45) is 15.0. The van der Waals surface area contributed by atoms with Crippen LogP contribution in [0.2, 0.25) is 0 Å². The van der Waals surface area contributed by atoms with Gasteiger partial charge in [0.05, 0.1) is 0 Å². The molecular formula is C44H69N3O3. The first-order chi connectivity index (χ1) is 23.5. The molecule has 9 unspecified atom stereocenters. The highest BCUT2D eigenvalue weighted by atomic mass is 16.5. The van der Waals surface area contributed by atoms with Crippen molar-refractivity contribution in [2.45, 2.75) is 130 Å². The molecule has 4 saturated carbocycles. The molecule has 0 bridgehead atoms. The van der Waals surface area contributed by atoms with Crippen LogP contribution in [0.4, 0.5) is 4.79 Å². The Labute approximate surface area is 304 Å². The van der Waals surface area contributed by atoms with Crippen molar-refractivity contribution in [3.05, 3.63) is 53.6 Å². The number of amides is 2. The second-order valence-electron chi connectivity index (χ2n) is 19.1. The molecule has 2 amide bonds. The Morgan fingerprint density at radius 1 is 0.900 bits per heavy atom. The van der Waals surface area contributed by atoms with Gasteiger partial charge in [0.25, 0.3) is 0 Å². The Hall–Kier alpha value is -2.15. The quantitative estimate of drug-likeness (QED) is 0.112. The zero-order chi connectivity index (χ0) is 36.3. The van der Waals surface area contributed by atoms with Gasteiger partial charge in [-0.25, -0.2) is 4.79 Å². The molecule has 6 heteroatoms. The van der Waals surface area contributed by atoms with E-state index < -0.39 is 6.29 Å². The summed E-state index contributed by atoms with van der Waals surface area (Å²) in [5.74, 6) is 2.73. The molecule has 9 atom stereocenters. The first-order valence-electron chi connectivity index (χ1n) is 20.0. The van der Waals surface area contributed by atoms with Crippen molar-refractivity contribution in [3.63, 3.8) is 0 Å². The third-order valence-electron chi connectivity index (χ3n) is 16.1. The molecule has 0 spiro atoms. The lowest BCUT2D eigenvalue weighted by atomic mass is 9.33. The van der Waals surface area contributed by atoms with Crippen LogP contribution in [0, 0.1) is 51.2 Å². The van der Waals surface area contributed by atoms with E-state index in [2.05, 4.69) is 96.0 Å². The van der Waals surface area contributed by atoms with E-state index in [4.69, 9.17) is 0 Å². The number of fused-ring (bicyclic) bond motifs is 7. The maximum absolute atomic E-state index is 13.6. The molecule has 1 aromatic rings. The second kappa shape index (κ2) is 13.7. The van der Waals surface area contributed by atoms with Gasteiger partial charge in [0, 0.05) is 17.6 Å². The van der Waals surface area contributed by atoms with Gasteiger partial charge in [-0.3, -0.25) is 0 Å². The van der Waals surface area contributed by atoms with Crippen molar-refractivity contribution in [3.8, 4) is 0 Å². The first-order valence-corrected chi connectivity index (χ1v) is 20.0. The molecular weight excluding hydrogens is 619 g/mol. The standard InChI is InChI=1S/C44H69N3O3/c1-29(2)32-19-24-44(46-39(50)45-27-11-10-12-28-47(8)9)26-25-42(6)34(37(32)44)17-18-36-41(5)22-20-33(30-13-15-31(16-14-30)38(48)49)40(3,4)35(41)21-23-43(36,42)7/h13-16,20,32,34-38,48-49H,1,10-12,17-19,21-28H2,2-9H3,(H2,45,46,50). The summed E-state index contributed by atoms with van der Waals surface area (Å²) in [5.41, 5.74) is 5.03. The molecule has 5 aliphatic carbocycles. The zero-order valence-electron chi connectivity index (χ0n) is 32.7. The number of carbonyl (C=O) groups is 1. The average Bonchev–Trinajstić information content (AvgIpc) is 3.42. The van der Waals surface area contributed by atoms with Crippen molar-refractivity contribution in [1.29, 1.82) is 0 Å². The lowest BCUT2D eigenvalue weighted by Crippen LogP contribution is -2.68. The maximum Gasteiger partial charge on any atom is 0.315 e. The number of allylic oxidation sites excluding steroid dienone is 3. The third-order valence-corrected chi connectivity index (χ3v) is 16.1. The van der Waals surface area contributed by atoms with Gasteiger partial charge in [-0.1, -0.05) is 83.5 Å². The van der Waals surface area contributed by atoms with E-state index in [1.807, 2.05) is 12.1 Å². The molecule has 0 aromatic heterocycles. The van der Waals surface area contributed by atoms with Crippen LogP contribution >= 0.6 is 0 Å². The molecule has 4 N–H and O–H groups in total. The topological polar surface area (TPSA) is 84.8 Å². The smallest absolute Gasteiger partial charge is 0.315 e. The molecule has 6 nitrogen and oxygen atoms in total. The molecule has 1 aromatic carbocycles. The van der Waals surface area contributed by atoms with Gasteiger partial charge >= 0.3 is 6.03 Å². The molecule has 0 aliphatic heterocycles. The van der Waals surface area contributed by atoms with Crippen molar-refractivity contribution in [2.75, 3.05) is 27.2 Å². The molecule has 50 heavy (non-hydrogen) atoms. The lowest BCUT2D eigenvalue weighted by molar-refractivity contribution is -0.218. The molecule has 0 saturated heterocycles. The van der Waals surface area contributed by atoms with Gasteiger partial charge in [0.15, 0.2) is 6.29 Å². The Morgan fingerprint density at radius 2 is 1.62 bits per heavy atom. The summed E-state index contributed by atoms with van der Waals surface area (Å²) in [6.45, 7) is 21.6. The number of urea groups is 1. The maximum atomic E-state index is 13.6. The summed E-state index contributed by atoms with van der Waals surface area (Å²) in [5, 5.41) is 26.3. The van der Waals surface area contributed by atoms with Crippen LogP contribution in [0.5, 0.6) is 0 Å². The number of nitrogens with zero attached hydrogens (tertiary/aromatic N) is 1. The molecule has 0 heterocycles. The fourth-order valence-corrected chi connectivity index (χ4v) is 13.5. The number of aliphatic hydroxyl groups excluding tert-OH is 1. The number of hydrogen-bond acceptors (Lipinski definition) is 4. The van der Waals surface area contributed by atoms with E-state index in [9.17, 15) is 15.0 Å². The molecule has 6 rings (SSSR count). The lowest BCUT2D eigenvalue weighted by Gasteiger charge is -2.72. The van der Waals surface area contributed by atoms with E-state index in [1.54, 1.807) is 0 Å². The predicted octanol–water partition coefficient (Wildman–Crippen LogP) is 9.10. The van der Waals surface area contributed by atoms with Crippen molar-refractivity contribution in [2.24, 2.45) is 51.2 Å². The van der Waals surface area contributed by atoms with Crippen LogP contribution in [0.15, 0.2) is 42.5 Å². The SMILES string of the molecule is C=C(C)C1CCC2(NC(=O)NCCCCCN(C)C)CCC3(C)C(CCC4C5(C)CC=C(c6ccc(C(O)O)cc6)C(C)(C)C5CCC43C)C12. The molecule has 278 valence electrons. The van der Waals surface area contributed by atoms with Gasteiger partial charge < -0.3 is 25.7 Å². The number of benzene rings is 1. The van der Waals surface area contributed by atoms with Gasteiger partial charge in [-0.05, 0) is 161 Å². The third kappa shape index (κ3) is 6.11. The number of hydrogen-bond donors (Lipinski definition) is 4. The molecule has 0 radical (unpaired) electrons. The Bertz CT molecular complexity index is 1450. The van der Waals surface area contributed by atoms with E-state index in [0.717, 1.165) is 51.6 Å². The van der Waals surface area contributed by atoms with Crippen LogP contribution in [0.3, 0.4) is 0 Å². The van der Waals surface area contributed by atoms with Gasteiger partial charge in [0.1, 0.15) is 0 Å². The van der Waals surface area contributed by atoms with Crippen LogP contribution in [0.25, 0.3) is 5.57 Å². The Kier molecular flexibility index (Phi) is 10.3. The van der Waals surface area contributed by atoms with Crippen LogP contribution in [-0.2, 0) is 0 Å². The average molecular weight is 688 g/mol. The second-order valence-corrected chi connectivity index (χ2v) is 19.1. The largest absolute Gasteiger partial charge is 0.364 e. The monoisotopic (exact) mass is 688 g/mol. The number of rotatable bonds is 10. The normalized spacial score (nSPS) is 38.8. The summed E-state index contributed by atoms with van der Waals surface area (Å²) < 4.78 is 0. The van der Waals surface area contributed by atoms with Gasteiger partial charge in [-0.2, -0.15) is 0 Å².